The summed E-state index contributed by atoms with van der Waals surface area (Å²) in [6, 6.07) is 0. The van der Waals surface area contributed by atoms with Crippen molar-refractivity contribution in [3.63, 3.8) is 0 Å². The summed E-state index contributed by atoms with van der Waals surface area (Å²) in [6.07, 6.45) is 6.34. The average molecular weight is 400 g/mol. The number of carbonyl (C=O) groups excluding carboxylic acids is 1. The van der Waals surface area contributed by atoms with Crippen molar-refractivity contribution in [2.24, 2.45) is 5.92 Å². The van der Waals surface area contributed by atoms with Gasteiger partial charge in [0.1, 0.15) is 0 Å². The fourth-order valence-corrected chi connectivity index (χ4v) is 4.65. The Labute approximate surface area is 160 Å². The summed E-state index contributed by atoms with van der Waals surface area (Å²) < 4.78 is 36.9. The van der Waals surface area contributed by atoms with Gasteiger partial charge in [-0.15, -0.1) is 0 Å². The molecule has 0 saturated carbocycles. The molecule has 152 valence electrons. The first kappa shape index (κ1) is 20.3. The van der Waals surface area contributed by atoms with E-state index < -0.39 is 9.84 Å². The number of carbonyl (C=O) groups is 1. The zero-order valence-corrected chi connectivity index (χ0v) is 16.9. The van der Waals surface area contributed by atoms with Gasteiger partial charge < -0.3 is 14.0 Å². The Bertz CT molecular complexity index is 747. The first-order valence-corrected chi connectivity index (χ1v) is 11.5. The highest BCUT2D eigenvalue weighted by atomic mass is 32.2. The van der Waals surface area contributed by atoms with E-state index in [1.54, 1.807) is 10.8 Å². The topological polar surface area (TPSA) is 90.7 Å². The molecule has 1 aromatic heterocycles. The van der Waals surface area contributed by atoms with Crippen LogP contribution in [-0.2, 0) is 37.2 Å². The molecule has 2 aliphatic heterocycles. The number of ether oxygens (including phenoxy) is 2. The minimum Gasteiger partial charge on any atom is -0.466 e. The molecule has 2 fully saturated rings. The van der Waals surface area contributed by atoms with Gasteiger partial charge in [-0.25, -0.2) is 13.4 Å². The van der Waals surface area contributed by atoms with Crippen molar-refractivity contribution in [3.8, 4) is 0 Å². The van der Waals surface area contributed by atoms with Crippen LogP contribution in [-0.4, -0.2) is 67.5 Å². The van der Waals surface area contributed by atoms with Gasteiger partial charge in [0.05, 0.1) is 37.1 Å². The van der Waals surface area contributed by atoms with Gasteiger partial charge >= 0.3 is 5.97 Å². The molecule has 2 saturated heterocycles. The lowest BCUT2D eigenvalue weighted by Crippen LogP contribution is -2.37. The molecule has 27 heavy (non-hydrogen) atoms. The largest absolute Gasteiger partial charge is 0.466 e. The molecule has 2 aliphatic rings. The fourth-order valence-electron chi connectivity index (χ4n) is 3.82. The van der Waals surface area contributed by atoms with E-state index in [-0.39, 0.29) is 23.1 Å². The number of rotatable bonds is 7. The summed E-state index contributed by atoms with van der Waals surface area (Å²) in [6.45, 7) is 5.65. The van der Waals surface area contributed by atoms with E-state index in [1.807, 2.05) is 6.92 Å². The van der Waals surface area contributed by atoms with Crippen LogP contribution in [0.5, 0.6) is 0 Å². The second-order valence-electron chi connectivity index (χ2n) is 7.35. The molecule has 0 radical (unpaired) electrons. The number of imidazole rings is 1. The van der Waals surface area contributed by atoms with Crippen LogP contribution in [0.15, 0.2) is 11.4 Å². The monoisotopic (exact) mass is 399 g/mol. The lowest BCUT2D eigenvalue weighted by Gasteiger charge is -2.31. The van der Waals surface area contributed by atoms with Crippen molar-refractivity contribution in [2.75, 3.05) is 32.6 Å². The van der Waals surface area contributed by atoms with Crippen LogP contribution in [0.2, 0.25) is 0 Å². The van der Waals surface area contributed by atoms with Gasteiger partial charge in [-0.05, 0) is 45.7 Å². The SMILES string of the molecule is CCOC(=O)C1CCN(Cc2cnc(S(C)(=O)=O)n2C[C@H]2CCCO2)CC1. The molecule has 0 aromatic carbocycles. The molecular weight excluding hydrogens is 370 g/mol. The van der Waals surface area contributed by atoms with Crippen molar-refractivity contribution in [3.05, 3.63) is 11.9 Å². The number of hydrogen-bond donors (Lipinski definition) is 0. The van der Waals surface area contributed by atoms with Crippen LogP contribution in [0, 0.1) is 5.92 Å². The third-order valence-corrected chi connectivity index (χ3v) is 6.23. The molecule has 1 atom stereocenters. The molecule has 1 aromatic rings. The van der Waals surface area contributed by atoms with Crippen molar-refractivity contribution in [2.45, 2.75) is 57.0 Å². The minimum atomic E-state index is -3.40. The van der Waals surface area contributed by atoms with Gasteiger partial charge in [0.25, 0.3) is 0 Å². The average Bonchev–Trinajstić information content (AvgIpc) is 3.26. The zero-order valence-electron chi connectivity index (χ0n) is 16.1. The first-order valence-electron chi connectivity index (χ1n) is 9.63. The third-order valence-electron chi connectivity index (χ3n) is 5.24. The fraction of sp³-hybridized carbons (Fsp3) is 0.778. The standard InChI is InChI=1S/C18H29N3O5S/c1-3-25-17(22)14-6-8-20(9-7-14)12-15-11-19-18(27(2,23)24)21(15)13-16-5-4-10-26-16/h11,14,16H,3-10,12-13H2,1-2H3/t16-/m1/s1. The number of hydrogen-bond acceptors (Lipinski definition) is 7. The molecule has 0 amide bonds. The zero-order chi connectivity index (χ0) is 19.4. The highest BCUT2D eigenvalue weighted by Gasteiger charge is 2.28. The van der Waals surface area contributed by atoms with E-state index in [0.717, 1.165) is 51.1 Å². The van der Waals surface area contributed by atoms with Gasteiger partial charge in [0.2, 0.25) is 15.0 Å². The predicted octanol–water partition coefficient (Wildman–Crippen LogP) is 1.24. The Hall–Kier alpha value is -1.45. The van der Waals surface area contributed by atoms with Gasteiger partial charge in [0.15, 0.2) is 0 Å². The smallest absolute Gasteiger partial charge is 0.309 e. The molecule has 0 aliphatic carbocycles. The summed E-state index contributed by atoms with van der Waals surface area (Å²) in [7, 11) is -3.40. The van der Waals surface area contributed by atoms with E-state index in [4.69, 9.17) is 9.47 Å². The van der Waals surface area contributed by atoms with Crippen LogP contribution in [0.1, 0.15) is 38.3 Å². The van der Waals surface area contributed by atoms with Crippen molar-refractivity contribution >= 4 is 15.8 Å². The van der Waals surface area contributed by atoms with Gasteiger partial charge in [-0.2, -0.15) is 0 Å². The van der Waals surface area contributed by atoms with E-state index in [9.17, 15) is 13.2 Å². The number of piperidine rings is 1. The van der Waals surface area contributed by atoms with Crippen molar-refractivity contribution in [1.82, 2.24) is 14.5 Å². The second kappa shape index (κ2) is 8.70. The van der Waals surface area contributed by atoms with Crippen LogP contribution in [0.25, 0.3) is 0 Å². The third kappa shape index (κ3) is 5.08. The summed E-state index contributed by atoms with van der Waals surface area (Å²) in [5.41, 5.74) is 0.875. The Morgan fingerprint density at radius 3 is 2.67 bits per heavy atom. The Balaban J connectivity index is 1.68. The summed E-state index contributed by atoms with van der Waals surface area (Å²) in [5.74, 6) is -0.149. The van der Waals surface area contributed by atoms with Crippen LogP contribution in [0.4, 0.5) is 0 Å². The van der Waals surface area contributed by atoms with E-state index >= 15 is 0 Å². The number of nitrogens with zero attached hydrogens (tertiary/aromatic N) is 3. The first-order chi connectivity index (χ1) is 12.9. The Morgan fingerprint density at radius 1 is 1.33 bits per heavy atom. The molecular formula is C18H29N3O5S. The maximum Gasteiger partial charge on any atom is 0.309 e. The molecule has 3 rings (SSSR count). The highest BCUT2D eigenvalue weighted by Crippen LogP contribution is 2.23. The lowest BCUT2D eigenvalue weighted by atomic mass is 9.97. The summed E-state index contributed by atoms with van der Waals surface area (Å²) in [4.78, 5) is 18.3. The van der Waals surface area contributed by atoms with Crippen LogP contribution >= 0.6 is 0 Å². The lowest BCUT2D eigenvalue weighted by molar-refractivity contribution is -0.149. The van der Waals surface area contributed by atoms with Crippen LogP contribution < -0.4 is 0 Å². The number of sulfone groups is 1. The molecule has 0 N–H and O–H groups in total. The van der Waals surface area contributed by atoms with Gasteiger partial charge in [-0.3, -0.25) is 9.69 Å². The minimum absolute atomic E-state index is 0.0352. The second-order valence-corrected chi connectivity index (χ2v) is 9.26. The summed E-state index contributed by atoms with van der Waals surface area (Å²) >= 11 is 0. The highest BCUT2D eigenvalue weighted by molar-refractivity contribution is 7.90. The Morgan fingerprint density at radius 2 is 2.07 bits per heavy atom. The van der Waals surface area contributed by atoms with Crippen molar-refractivity contribution < 1.29 is 22.7 Å². The van der Waals surface area contributed by atoms with Crippen molar-refractivity contribution in [1.29, 1.82) is 0 Å². The maximum atomic E-state index is 12.1. The molecule has 3 heterocycles. The number of esters is 1. The normalized spacial score (nSPS) is 22.2. The molecule has 9 heteroatoms. The van der Waals surface area contributed by atoms with E-state index in [1.165, 1.54) is 6.26 Å². The van der Waals surface area contributed by atoms with Crippen LogP contribution in [0.3, 0.4) is 0 Å². The maximum absolute atomic E-state index is 12.1. The molecule has 0 spiro atoms. The molecule has 8 nitrogen and oxygen atoms in total. The molecule has 0 bridgehead atoms. The molecule has 0 unspecified atom stereocenters. The quantitative estimate of drug-likeness (QED) is 0.637. The Kier molecular flexibility index (Phi) is 6.54. The van der Waals surface area contributed by atoms with E-state index in [0.29, 0.717) is 19.7 Å². The van der Waals surface area contributed by atoms with Gasteiger partial charge in [0, 0.05) is 19.4 Å². The number of aromatic nitrogens is 2. The van der Waals surface area contributed by atoms with Gasteiger partial charge in [-0.1, -0.05) is 0 Å². The number of likely N-dealkylation sites (tertiary alicyclic amines) is 1. The predicted molar refractivity (Wildman–Crippen MR) is 98.9 cm³/mol. The summed E-state index contributed by atoms with van der Waals surface area (Å²) in [5, 5.41) is 0.106. The van der Waals surface area contributed by atoms with E-state index in [2.05, 4.69) is 9.88 Å².